The van der Waals surface area contributed by atoms with Crippen LogP contribution in [0.1, 0.15) is 41.3 Å². The molecule has 152 valence electrons. The number of hydrogen-bond donors (Lipinski definition) is 1. The number of carbonyl (C=O) groups excluding carboxylic acids is 4. The van der Waals surface area contributed by atoms with Gasteiger partial charge in [0.15, 0.2) is 10.9 Å². The SMILES string of the molecule is COC(=O)C(CSC(=O)C(C)c1cccc(C(=O)c2ccccc2)c1)NC(C)=O. The molecule has 0 bridgehead atoms. The predicted octanol–water partition coefficient (Wildman–Crippen LogP) is 2.96. The summed E-state index contributed by atoms with van der Waals surface area (Å²) in [6.45, 7) is 3.04. The molecule has 0 aliphatic carbocycles. The molecule has 1 N–H and O–H groups in total. The Kier molecular flexibility index (Phi) is 8.15. The summed E-state index contributed by atoms with van der Waals surface area (Å²) in [7, 11) is 1.22. The summed E-state index contributed by atoms with van der Waals surface area (Å²) in [4.78, 5) is 48.2. The lowest BCUT2D eigenvalue weighted by molar-refractivity contribution is -0.144. The van der Waals surface area contributed by atoms with Crippen LogP contribution in [0, 0.1) is 0 Å². The van der Waals surface area contributed by atoms with E-state index < -0.39 is 17.9 Å². The van der Waals surface area contributed by atoms with Crippen molar-refractivity contribution in [2.24, 2.45) is 0 Å². The minimum atomic E-state index is -0.898. The quantitative estimate of drug-likeness (QED) is 0.529. The number of benzene rings is 2. The zero-order valence-corrected chi connectivity index (χ0v) is 17.3. The van der Waals surface area contributed by atoms with Crippen molar-refractivity contribution in [3.05, 3.63) is 71.3 Å². The molecular weight excluding hydrogens is 390 g/mol. The van der Waals surface area contributed by atoms with Crippen LogP contribution in [0.2, 0.25) is 0 Å². The minimum absolute atomic E-state index is 0.0675. The van der Waals surface area contributed by atoms with Gasteiger partial charge in [-0.25, -0.2) is 4.79 Å². The predicted molar refractivity (Wildman–Crippen MR) is 112 cm³/mol. The van der Waals surface area contributed by atoms with Crippen molar-refractivity contribution < 1.29 is 23.9 Å². The molecule has 1 amide bonds. The van der Waals surface area contributed by atoms with E-state index in [0.717, 1.165) is 11.8 Å². The molecule has 29 heavy (non-hydrogen) atoms. The number of methoxy groups -OCH3 is 1. The van der Waals surface area contributed by atoms with Gasteiger partial charge in [-0.15, -0.1) is 0 Å². The van der Waals surface area contributed by atoms with Crippen molar-refractivity contribution >= 4 is 34.5 Å². The molecule has 2 rings (SSSR count). The lowest BCUT2D eigenvalue weighted by Gasteiger charge is -2.16. The monoisotopic (exact) mass is 413 g/mol. The number of thioether (sulfide) groups is 1. The van der Waals surface area contributed by atoms with E-state index in [1.165, 1.54) is 14.0 Å². The first-order valence-electron chi connectivity index (χ1n) is 9.04. The molecule has 6 nitrogen and oxygen atoms in total. The highest BCUT2D eigenvalue weighted by Crippen LogP contribution is 2.24. The van der Waals surface area contributed by atoms with E-state index in [4.69, 9.17) is 0 Å². The smallest absolute Gasteiger partial charge is 0.329 e. The summed E-state index contributed by atoms with van der Waals surface area (Å²) in [5, 5.41) is 2.30. The van der Waals surface area contributed by atoms with E-state index in [9.17, 15) is 19.2 Å². The first-order chi connectivity index (χ1) is 13.8. The Morgan fingerprint density at radius 1 is 1.00 bits per heavy atom. The van der Waals surface area contributed by atoms with Gasteiger partial charge in [0.25, 0.3) is 0 Å². The van der Waals surface area contributed by atoms with Gasteiger partial charge in [0, 0.05) is 23.8 Å². The van der Waals surface area contributed by atoms with Crippen LogP contribution in [0.4, 0.5) is 0 Å². The Morgan fingerprint density at radius 3 is 2.28 bits per heavy atom. The molecule has 2 unspecified atom stereocenters. The van der Waals surface area contributed by atoms with Crippen LogP contribution in [-0.2, 0) is 19.1 Å². The fraction of sp³-hybridized carbons (Fsp3) is 0.273. The van der Waals surface area contributed by atoms with Gasteiger partial charge < -0.3 is 10.1 Å². The summed E-state index contributed by atoms with van der Waals surface area (Å²) < 4.78 is 4.66. The third-order valence-corrected chi connectivity index (χ3v) is 5.43. The minimum Gasteiger partial charge on any atom is -0.467 e. The zero-order chi connectivity index (χ0) is 21.4. The van der Waals surface area contributed by atoms with Gasteiger partial charge >= 0.3 is 5.97 Å². The van der Waals surface area contributed by atoms with Crippen LogP contribution < -0.4 is 5.32 Å². The molecule has 0 aromatic heterocycles. The van der Waals surface area contributed by atoms with E-state index in [1.807, 2.05) is 6.07 Å². The molecule has 0 aliphatic rings. The second kappa shape index (κ2) is 10.6. The van der Waals surface area contributed by atoms with Crippen LogP contribution in [0.15, 0.2) is 54.6 Å². The molecular formula is C22H23NO5S. The fourth-order valence-electron chi connectivity index (χ4n) is 2.69. The number of nitrogens with one attached hydrogen (secondary N) is 1. The number of rotatable bonds is 8. The first kappa shape index (κ1) is 22.4. The second-order valence-electron chi connectivity index (χ2n) is 6.45. The normalized spacial score (nSPS) is 12.5. The van der Waals surface area contributed by atoms with Crippen molar-refractivity contribution in [1.29, 1.82) is 0 Å². The van der Waals surface area contributed by atoms with E-state index in [-0.39, 0.29) is 22.6 Å². The third-order valence-electron chi connectivity index (χ3n) is 4.29. The summed E-state index contributed by atoms with van der Waals surface area (Å²) in [6.07, 6.45) is 0. The lowest BCUT2D eigenvalue weighted by Crippen LogP contribution is -2.42. The zero-order valence-electron chi connectivity index (χ0n) is 16.5. The average molecular weight is 413 g/mol. The molecule has 2 aromatic rings. The van der Waals surface area contributed by atoms with Crippen molar-refractivity contribution in [2.45, 2.75) is 25.8 Å². The Hall–Kier alpha value is -2.93. The maximum absolute atomic E-state index is 12.6. The van der Waals surface area contributed by atoms with Gasteiger partial charge in [0.2, 0.25) is 5.91 Å². The molecule has 0 spiro atoms. The largest absolute Gasteiger partial charge is 0.467 e. The Balaban J connectivity index is 2.08. The van der Waals surface area contributed by atoms with Crippen molar-refractivity contribution in [3.8, 4) is 0 Å². The molecule has 0 radical (unpaired) electrons. The maximum Gasteiger partial charge on any atom is 0.329 e. The van der Waals surface area contributed by atoms with Crippen LogP contribution in [-0.4, -0.2) is 41.7 Å². The molecule has 2 aromatic carbocycles. The third kappa shape index (κ3) is 6.29. The molecule has 2 atom stereocenters. The standard InChI is InChI=1S/C22H23NO5S/c1-14(22(27)29-13-19(21(26)28-3)23-15(2)24)17-10-7-11-18(12-17)20(25)16-8-5-4-6-9-16/h4-12,14,19H,13H2,1-3H3,(H,23,24). The van der Waals surface area contributed by atoms with Crippen molar-refractivity contribution in [3.63, 3.8) is 0 Å². The number of ether oxygens (including phenoxy) is 1. The highest BCUT2D eigenvalue weighted by Gasteiger charge is 2.24. The Morgan fingerprint density at radius 2 is 1.66 bits per heavy atom. The van der Waals surface area contributed by atoms with E-state index >= 15 is 0 Å². The van der Waals surface area contributed by atoms with Crippen LogP contribution >= 0.6 is 11.8 Å². The van der Waals surface area contributed by atoms with Gasteiger partial charge in [-0.1, -0.05) is 67.2 Å². The van der Waals surface area contributed by atoms with Crippen LogP contribution in [0.3, 0.4) is 0 Å². The maximum atomic E-state index is 12.6. The Labute approximate surface area is 174 Å². The Bertz CT molecular complexity index is 897. The van der Waals surface area contributed by atoms with Crippen molar-refractivity contribution in [1.82, 2.24) is 5.32 Å². The number of ketones is 1. The average Bonchev–Trinajstić information content (AvgIpc) is 2.75. The summed E-state index contributed by atoms with van der Waals surface area (Å²) in [5.74, 6) is -1.52. The number of esters is 1. The molecule has 0 saturated heterocycles. The highest BCUT2D eigenvalue weighted by molar-refractivity contribution is 8.13. The van der Waals surface area contributed by atoms with E-state index in [0.29, 0.717) is 16.7 Å². The van der Waals surface area contributed by atoms with Crippen molar-refractivity contribution in [2.75, 3.05) is 12.9 Å². The highest BCUT2D eigenvalue weighted by atomic mass is 32.2. The summed E-state index contributed by atoms with van der Waals surface area (Å²) in [6, 6.07) is 15.0. The van der Waals surface area contributed by atoms with Crippen LogP contribution in [0.25, 0.3) is 0 Å². The summed E-state index contributed by atoms with van der Waals surface area (Å²) >= 11 is 0.944. The second-order valence-corrected chi connectivity index (χ2v) is 7.47. The topological polar surface area (TPSA) is 89.5 Å². The first-order valence-corrected chi connectivity index (χ1v) is 10.0. The number of hydrogen-bond acceptors (Lipinski definition) is 6. The van der Waals surface area contributed by atoms with E-state index in [2.05, 4.69) is 10.1 Å². The van der Waals surface area contributed by atoms with Crippen LogP contribution in [0.5, 0.6) is 0 Å². The van der Waals surface area contributed by atoms with Gasteiger partial charge in [-0.2, -0.15) is 0 Å². The van der Waals surface area contributed by atoms with Gasteiger partial charge in [0.1, 0.15) is 6.04 Å². The fourth-order valence-corrected chi connectivity index (χ4v) is 3.62. The molecule has 0 aliphatic heterocycles. The van der Waals surface area contributed by atoms with Gasteiger partial charge in [-0.05, 0) is 11.6 Å². The number of amides is 1. The van der Waals surface area contributed by atoms with E-state index in [1.54, 1.807) is 55.5 Å². The lowest BCUT2D eigenvalue weighted by atomic mass is 9.96. The molecule has 0 heterocycles. The molecule has 7 heteroatoms. The number of carbonyl (C=O) groups is 4. The summed E-state index contributed by atoms with van der Waals surface area (Å²) in [5.41, 5.74) is 1.79. The van der Waals surface area contributed by atoms with Gasteiger partial charge in [0.05, 0.1) is 13.0 Å². The van der Waals surface area contributed by atoms with Gasteiger partial charge in [-0.3, -0.25) is 14.4 Å². The molecule has 0 saturated carbocycles. The molecule has 0 fully saturated rings.